The number of rotatable bonds is 4. The highest BCUT2D eigenvalue weighted by atomic mass is 19.4. The fraction of sp³-hybridized carbons (Fsp3) is 0.652. The van der Waals surface area contributed by atoms with Gasteiger partial charge in [-0.1, -0.05) is 25.5 Å². The third kappa shape index (κ3) is 4.08. The molecule has 0 N–H and O–H groups in total. The quantitative estimate of drug-likeness (QED) is 0.727. The average Bonchev–Trinajstić information content (AvgIpc) is 2.71. The number of amides is 2. The molecular formula is C23H29F3N2O2. The summed E-state index contributed by atoms with van der Waals surface area (Å²) in [7, 11) is 0. The minimum Gasteiger partial charge on any atom is -0.342 e. The molecule has 3 aliphatic heterocycles. The van der Waals surface area contributed by atoms with Crippen LogP contribution in [0.4, 0.5) is 13.2 Å². The van der Waals surface area contributed by atoms with Gasteiger partial charge in [0.1, 0.15) is 0 Å². The van der Waals surface area contributed by atoms with E-state index in [1.54, 1.807) is 0 Å². The van der Waals surface area contributed by atoms with Gasteiger partial charge in [-0.2, -0.15) is 13.2 Å². The van der Waals surface area contributed by atoms with Gasteiger partial charge in [-0.25, -0.2) is 0 Å². The molecule has 4 nitrogen and oxygen atoms in total. The lowest BCUT2D eigenvalue weighted by Gasteiger charge is -2.56. The third-order valence-corrected chi connectivity index (χ3v) is 7.07. The van der Waals surface area contributed by atoms with Crippen LogP contribution in [0, 0.1) is 11.8 Å². The summed E-state index contributed by atoms with van der Waals surface area (Å²) in [4.78, 5) is 29.7. The smallest absolute Gasteiger partial charge is 0.342 e. The minimum absolute atomic E-state index is 0.0321. The molecule has 2 bridgehead atoms. The van der Waals surface area contributed by atoms with Gasteiger partial charge in [0.05, 0.1) is 12.0 Å². The number of halogens is 3. The number of carbonyl (C=O) groups excluding carboxylic acids is 2. The molecule has 3 heterocycles. The minimum atomic E-state index is -4.37. The van der Waals surface area contributed by atoms with Crippen LogP contribution in [0.1, 0.15) is 56.6 Å². The van der Waals surface area contributed by atoms with Crippen molar-refractivity contribution in [2.75, 3.05) is 13.1 Å². The molecule has 3 fully saturated rings. The monoisotopic (exact) mass is 422 g/mol. The maximum atomic E-state index is 13.0. The van der Waals surface area contributed by atoms with Gasteiger partial charge >= 0.3 is 6.18 Å². The molecule has 2 amide bonds. The van der Waals surface area contributed by atoms with Crippen LogP contribution in [0.2, 0.25) is 0 Å². The fourth-order valence-electron chi connectivity index (χ4n) is 5.74. The van der Waals surface area contributed by atoms with E-state index in [0.717, 1.165) is 44.2 Å². The Bertz CT molecular complexity index is 793. The van der Waals surface area contributed by atoms with E-state index in [-0.39, 0.29) is 30.3 Å². The number of fused-ring (bicyclic) bond motifs is 4. The van der Waals surface area contributed by atoms with Crippen LogP contribution in [-0.2, 0) is 22.2 Å². The van der Waals surface area contributed by atoms with Crippen molar-refractivity contribution >= 4 is 11.8 Å². The number of nitrogens with zero attached hydrogens (tertiary/aromatic N) is 2. The van der Waals surface area contributed by atoms with Crippen LogP contribution in [0.25, 0.3) is 0 Å². The first-order valence-electron chi connectivity index (χ1n) is 11.0. The molecule has 164 valence electrons. The lowest BCUT2D eigenvalue weighted by Crippen LogP contribution is -2.65. The van der Waals surface area contributed by atoms with Crippen LogP contribution < -0.4 is 0 Å². The predicted octanol–water partition coefficient (Wildman–Crippen LogP) is 4.28. The number of benzene rings is 1. The summed E-state index contributed by atoms with van der Waals surface area (Å²) in [5.41, 5.74) is -0.0982. The Balaban J connectivity index is 1.47. The lowest BCUT2D eigenvalue weighted by atomic mass is 9.71. The van der Waals surface area contributed by atoms with E-state index in [4.69, 9.17) is 0 Å². The Morgan fingerprint density at radius 3 is 2.50 bits per heavy atom. The molecule has 30 heavy (non-hydrogen) atoms. The highest BCUT2D eigenvalue weighted by Crippen LogP contribution is 2.43. The zero-order chi connectivity index (χ0) is 21.5. The molecule has 0 aromatic heterocycles. The summed E-state index contributed by atoms with van der Waals surface area (Å²) in [5.74, 6) is 0.829. The lowest BCUT2D eigenvalue weighted by molar-refractivity contribution is -0.156. The predicted molar refractivity (Wildman–Crippen MR) is 107 cm³/mol. The molecular weight excluding hydrogens is 393 g/mol. The maximum Gasteiger partial charge on any atom is 0.416 e. The van der Waals surface area contributed by atoms with Crippen molar-refractivity contribution in [2.24, 2.45) is 11.8 Å². The van der Waals surface area contributed by atoms with Gasteiger partial charge in [-0.05, 0) is 55.2 Å². The van der Waals surface area contributed by atoms with Crippen LogP contribution in [0.3, 0.4) is 0 Å². The summed E-state index contributed by atoms with van der Waals surface area (Å²) < 4.78 is 38.3. The van der Waals surface area contributed by atoms with E-state index < -0.39 is 11.7 Å². The highest BCUT2D eigenvalue weighted by molar-refractivity contribution is 5.80. The number of hydrogen-bond donors (Lipinski definition) is 0. The molecule has 0 unspecified atom stereocenters. The van der Waals surface area contributed by atoms with Crippen molar-refractivity contribution in [1.29, 1.82) is 0 Å². The van der Waals surface area contributed by atoms with Crippen molar-refractivity contribution in [3.8, 4) is 0 Å². The summed E-state index contributed by atoms with van der Waals surface area (Å²) in [5, 5.41) is 0. The molecule has 7 heteroatoms. The first-order chi connectivity index (χ1) is 14.3. The van der Waals surface area contributed by atoms with Gasteiger partial charge in [0.15, 0.2) is 0 Å². The first-order valence-corrected chi connectivity index (χ1v) is 11.0. The van der Waals surface area contributed by atoms with E-state index in [1.165, 1.54) is 12.1 Å². The third-order valence-electron chi connectivity index (χ3n) is 7.07. The molecule has 1 aromatic rings. The van der Waals surface area contributed by atoms with E-state index in [2.05, 4.69) is 11.8 Å². The normalized spacial score (nSPS) is 29.0. The Hall–Kier alpha value is -2.05. The summed E-state index contributed by atoms with van der Waals surface area (Å²) in [6.07, 6.45) is 1.32. The fourth-order valence-corrected chi connectivity index (χ4v) is 5.74. The number of likely N-dealkylation sites (tertiary alicyclic amines) is 1. The van der Waals surface area contributed by atoms with E-state index in [9.17, 15) is 22.8 Å². The van der Waals surface area contributed by atoms with Crippen molar-refractivity contribution in [2.45, 2.75) is 70.1 Å². The number of hydrogen-bond acceptors (Lipinski definition) is 2. The van der Waals surface area contributed by atoms with Crippen LogP contribution in [0.5, 0.6) is 0 Å². The topological polar surface area (TPSA) is 40.6 Å². The van der Waals surface area contributed by atoms with Crippen molar-refractivity contribution in [3.63, 3.8) is 0 Å². The Kier molecular flexibility index (Phi) is 5.82. The molecule has 1 aromatic carbocycles. The molecule has 0 aliphatic carbocycles. The molecule has 4 rings (SSSR count). The summed E-state index contributed by atoms with van der Waals surface area (Å²) in [6, 6.07) is 5.29. The molecule has 3 aliphatic rings. The molecule has 0 spiro atoms. The van der Waals surface area contributed by atoms with Gasteiger partial charge in [0, 0.05) is 31.6 Å². The van der Waals surface area contributed by atoms with Gasteiger partial charge in [-0.15, -0.1) is 0 Å². The average molecular weight is 422 g/mol. The van der Waals surface area contributed by atoms with E-state index >= 15 is 0 Å². The zero-order valence-electron chi connectivity index (χ0n) is 17.3. The van der Waals surface area contributed by atoms with E-state index in [0.29, 0.717) is 36.9 Å². The maximum absolute atomic E-state index is 13.0. The van der Waals surface area contributed by atoms with Gasteiger partial charge < -0.3 is 9.80 Å². The first kappa shape index (κ1) is 21.2. The van der Waals surface area contributed by atoms with Crippen molar-refractivity contribution < 1.29 is 22.8 Å². The largest absolute Gasteiger partial charge is 0.416 e. The van der Waals surface area contributed by atoms with Crippen LogP contribution >= 0.6 is 0 Å². The second kappa shape index (κ2) is 8.23. The molecule has 4 atom stereocenters. The van der Waals surface area contributed by atoms with Crippen LogP contribution in [0.15, 0.2) is 24.3 Å². The summed E-state index contributed by atoms with van der Waals surface area (Å²) >= 11 is 0. The van der Waals surface area contributed by atoms with Crippen LogP contribution in [-0.4, -0.2) is 46.8 Å². The van der Waals surface area contributed by atoms with Crippen molar-refractivity contribution in [1.82, 2.24) is 9.80 Å². The Morgan fingerprint density at radius 2 is 1.83 bits per heavy atom. The molecule has 3 saturated heterocycles. The number of piperidine rings is 3. The number of carbonyl (C=O) groups is 2. The molecule has 0 saturated carbocycles. The standard InChI is InChI=1S/C23H29F3N2O2/c1-2-4-19-16-12-17(20-5-3-6-21(29)28(19)20)14-27(13-16)22(30)11-15-7-9-18(10-8-15)23(24,25)26/h7-10,16-17,19-20H,2-6,11-14H2,1H3/t16-,17+,19-,20-/m0/s1. The molecule has 0 radical (unpaired) electrons. The Labute approximate surface area is 175 Å². The van der Waals surface area contributed by atoms with Gasteiger partial charge in [0.2, 0.25) is 11.8 Å². The van der Waals surface area contributed by atoms with Gasteiger partial charge in [0.25, 0.3) is 0 Å². The second-order valence-corrected chi connectivity index (χ2v) is 9.04. The zero-order valence-corrected chi connectivity index (χ0v) is 17.3. The highest BCUT2D eigenvalue weighted by Gasteiger charge is 2.49. The second-order valence-electron chi connectivity index (χ2n) is 9.04. The van der Waals surface area contributed by atoms with Gasteiger partial charge in [-0.3, -0.25) is 9.59 Å². The number of alkyl halides is 3. The SMILES string of the molecule is CCC[C@H]1[C@H]2C[C@H](CN(C(=O)Cc3ccc(C(F)(F)F)cc3)C2)[C@@H]2CCCC(=O)N21. The van der Waals surface area contributed by atoms with Crippen molar-refractivity contribution in [3.05, 3.63) is 35.4 Å². The Morgan fingerprint density at radius 1 is 1.13 bits per heavy atom. The summed E-state index contributed by atoms with van der Waals surface area (Å²) in [6.45, 7) is 3.41. The van der Waals surface area contributed by atoms with E-state index in [1.807, 2.05) is 4.90 Å².